The predicted octanol–water partition coefficient (Wildman–Crippen LogP) is 1.76. The third kappa shape index (κ3) is 3.70. The first-order valence-electron chi connectivity index (χ1n) is 9.58. The SMILES string of the molecule is O=C1CCC(CCC(=O)N2CCC(n3nc(C4CC4)[nH]c3=O)CC2)C1. The molecule has 1 aliphatic heterocycles. The molecule has 136 valence electrons. The Labute approximate surface area is 146 Å². The van der Waals surface area contributed by atoms with Gasteiger partial charge in [0.1, 0.15) is 11.6 Å². The molecule has 0 radical (unpaired) electrons. The summed E-state index contributed by atoms with van der Waals surface area (Å²) in [5, 5.41) is 4.47. The molecule has 2 aliphatic carbocycles. The van der Waals surface area contributed by atoms with Crippen molar-refractivity contribution < 1.29 is 9.59 Å². The number of rotatable bonds is 5. The van der Waals surface area contributed by atoms with Gasteiger partial charge in [0, 0.05) is 38.3 Å². The van der Waals surface area contributed by atoms with Gasteiger partial charge in [-0.05, 0) is 44.4 Å². The number of carbonyl (C=O) groups excluding carboxylic acids is 2. The maximum absolute atomic E-state index is 12.4. The molecule has 4 rings (SSSR count). The van der Waals surface area contributed by atoms with Crippen molar-refractivity contribution in [2.75, 3.05) is 13.1 Å². The zero-order valence-corrected chi connectivity index (χ0v) is 14.6. The highest BCUT2D eigenvalue weighted by Gasteiger charge is 2.31. The van der Waals surface area contributed by atoms with Crippen LogP contribution in [-0.2, 0) is 9.59 Å². The second kappa shape index (κ2) is 6.77. The van der Waals surface area contributed by atoms with E-state index in [0.29, 0.717) is 50.0 Å². The summed E-state index contributed by atoms with van der Waals surface area (Å²) in [7, 11) is 0. The fraction of sp³-hybridized carbons (Fsp3) is 0.778. The number of nitrogens with zero attached hydrogens (tertiary/aromatic N) is 3. The van der Waals surface area contributed by atoms with E-state index in [1.807, 2.05) is 4.90 Å². The third-order valence-electron chi connectivity index (χ3n) is 5.90. The summed E-state index contributed by atoms with van der Waals surface area (Å²) in [6.07, 6.45) is 7.45. The van der Waals surface area contributed by atoms with E-state index < -0.39 is 0 Å². The van der Waals surface area contributed by atoms with Crippen molar-refractivity contribution in [1.82, 2.24) is 19.7 Å². The van der Waals surface area contributed by atoms with Crippen LogP contribution in [0.3, 0.4) is 0 Å². The average molecular weight is 346 g/mol. The molecule has 1 amide bonds. The highest BCUT2D eigenvalue weighted by molar-refractivity contribution is 5.81. The van der Waals surface area contributed by atoms with Gasteiger partial charge in [0.25, 0.3) is 0 Å². The van der Waals surface area contributed by atoms with Crippen molar-refractivity contribution in [3.05, 3.63) is 16.3 Å². The molecule has 7 heteroatoms. The van der Waals surface area contributed by atoms with E-state index in [1.54, 1.807) is 4.68 Å². The lowest BCUT2D eigenvalue weighted by atomic mass is 10.00. The van der Waals surface area contributed by atoms with Gasteiger partial charge in [0.2, 0.25) is 5.91 Å². The van der Waals surface area contributed by atoms with Gasteiger partial charge in [0.15, 0.2) is 0 Å². The predicted molar refractivity (Wildman–Crippen MR) is 91.3 cm³/mol. The third-order valence-corrected chi connectivity index (χ3v) is 5.90. The lowest BCUT2D eigenvalue weighted by Crippen LogP contribution is -2.40. The number of aromatic nitrogens is 3. The first-order chi connectivity index (χ1) is 12.1. The molecule has 0 spiro atoms. The summed E-state index contributed by atoms with van der Waals surface area (Å²) in [6.45, 7) is 1.37. The van der Waals surface area contributed by atoms with Crippen LogP contribution >= 0.6 is 0 Å². The van der Waals surface area contributed by atoms with Gasteiger partial charge in [-0.3, -0.25) is 14.6 Å². The van der Waals surface area contributed by atoms with Crippen molar-refractivity contribution in [1.29, 1.82) is 0 Å². The monoisotopic (exact) mass is 346 g/mol. The Morgan fingerprint density at radius 2 is 1.88 bits per heavy atom. The molecule has 1 atom stereocenters. The summed E-state index contributed by atoms with van der Waals surface area (Å²) < 4.78 is 1.60. The summed E-state index contributed by atoms with van der Waals surface area (Å²) in [4.78, 5) is 40.6. The highest BCUT2D eigenvalue weighted by Crippen LogP contribution is 2.37. The Morgan fingerprint density at radius 3 is 2.52 bits per heavy atom. The number of H-pyrrole nitrogens is 1. The average Bonchev–Trinajstić information content (AvgIpc) is 3.27. The molecule has 3 fully saturated rings. The normalized spacial score (nSPS) is 24.9. The second-order valence-corrected chi connectivity index (χ2v) is 7.83. The van der Waals surface area contributed by atoms with E-state index in [-0.39, 0.29) is 17.6 Å². The van der Waals surface area contributed by atoms with E-state index in [1.165, 1.54) is 0 Å². The topological polar surface area (TPSA) is 88.1 Å². The minimum atomic E-state index is -0.113. The van der Waals surface area contributed by atoms with Gasteiger partial charge in [-0.2, -0.15) is 5.10 Å². The number of carbonyl (C=O) groups is 2. The number of aromatic amines is 1. The van der Waals surface area contributed by atoms with Crippen LogP contribution in [0, 0.1) is 5.92 Å². The van der Waals surface area contributed by atoms with Gasteiger partial charge in [0.05, 0.1) is 6.04 Å². The number of ketones is 1. The Morgan fingerprint density at radius 1 is 1.12 bits per heavy atom. The molecule has 1 N–H and O–H groups in total. The number of piperidine rings is 1. The van der Waals surface area contributed by atoms with Crippen LogP contribution in [-0.4, -0.2) is 44.4 Å². The fourth-order valence-corrected chi connectivity index (χ4v) is 4.12. The number of likely N-dealkylation sites (tertiary alicyclic amines) is 1. The quantitative estimate of drug-likeness (QED) is 0.880. The Hall–Kier alpha value is -1.92. The molecule has 3 aliphatic rings. The molecule has 25 heavy (non-hydrogen) atoms. The van der Waals surface area contributed by atoms with E-state index in [9.17, 15) is 14.4 Å². The summed E-state index contributed by atoms with van der Waals surface area (Å²) >= 11 is 0. The van der Waals surface area contributed by atoms with Crippen molar-refractivity contribution in [3.8, 4) is 0 Å². The number of hydrogen-bond donors (Lipinski definition) is 1. The standard InChI is InChI=1S/C18H26N4O3/c23-15-5-1-12(11-15)2-6-16(24)21-9-7-14(8-10-21)22-18(25)19-17(20-22)13-3-4-13/h12-14H,1-11H2,(H,19,20,25). The van der Waals surface area contributed by atoms with Crippen LogP contribution in [0.15, 0.2) is 4.79 Å². The molecule has 1 saturated heterocycles. The maximum atomic E-state index is 12.4. The number of amides is 1. The lowest BCUT2D eigenvalue weighted by Gasteiger charge is -2.31. The lowest BCUT2D eigenvalue weighted by molar-refractivity contribution is -0.133. The minimum Gasteiger partial charge on any atom is -0.343 e. The molecule has 0 aromatic carbocycles. The summed E-state index contributed by atoms with van der Waals surface area (Å²) in [5.74, 6) is 2.20. The zero-order valence-electron chi connectivity index (χ0n) is 14.6. The fourth-order valence-electron chi connectivity index (χ4n) is 4.12. The summed E-state index contributed by atoms with van der Waals surface area (Å²) in [6, 6.07) is 0.0905. The smallest absolute Gasteiger partial charge is 0.343 e. The second-order valence-electron chi connectivity index (χ2n) is 7.83. The molecule has 0 bridgehead atoms. The van der Waals surface area contributed by atoms with Crippen LogP contribution in [0.1, 0.15) is 75.6 Å². The Kier molecular flexibility index (Phi) is 4.48. The van der Waals surface area contributed by atoms with Gasteiger partial charge in [-0.1, -0.05) is 0 Å². The zero-order chi connectivity index (χ0) is 17.4. The van der Waals surface area contributed by atoms with E-state index in [2.05, 4.69) is 10.1 Å². The van der Waals surface area contributed by atoms with Crippen molar-refractivity contribution in [2.24, 2.45) is 5.92 Å². The molecular weight excluding hydrogens is 320 g/mol. The molecule has 1 aromatic heterocycles. The molecule has 1 unspecified atom stereocenters. The Bertz CT molecular complexity index is 710. The molecule has 1 aromatic rings. The molecule has 7 nitrogen and oxygen atoms in total. The number of nitrogens with one attached hydrogen (secondary N) is 1. The van der Waals surface area contributed by atoms with Crippen LogP contribution in [0.5, 0.6) is 0 Å². The van der Waals surface area contributed by atoms with Crippen LogP contribution in [0.4, 0.5) is 0 Å². The van der Waals surface area contributed by atoms with Gasteiger partial charge >= 0.3 is 5.69 Å². The maximum Gasteiger partial charge on any atom is 0.343 e. The van der Waals surface area contributed by atoms with Gasteiger partial charge < -0.3 is 4.90 Å². The minimum absolute atomic E-state index is 0.0905. The van der Waals surface area contributed by atoms with E-state index >= 15 is 0 Å². The van der Waals surface area contributed by atoms with Gasteiger partial charge in [-0.15, -0.1) is 0 Å². The van der Waals surface area contributed by atoms with Crippen molar-refractivity contribution in [3.63, 3.8) is 0 Å². The van der Waals surface area contributed by atoms with Crippen molar-refractivity contribution >= 4 is 11.7 Å². The van der Waals surface area contributed by atoms with Crippen LogP contribution in [0.25, 0.3) is 0 Å². The molecular formula is C18H26N4O3. The summed E-state index contributed by atoms with van der Waals surface area (Å²) in [5.41, 5.74) is -0.113. The molecule has 2 heterocycles. The number of Topliss-reactive ketones (excluding diaryl/α,β-unsaturated/α-hetero) is 1. The van der Waals surface area contributed by atoms with Crippen LogP contribution in [0.2, 0.25) is 0 Å². The largest absolute Gasteiger partial charge is 0.343 e. The Balaban J connectivity index is 1.27. The van der Waals surface area contributed by atoms with E-state index in [4.69, 9.17) is 0 Å². The first kappa shape index (κ1) is 16.5. The first-order valence-corrected chi connectivity index (χ1v) is 9.58. The van der Waals surface area contributed by atoms with Gasteiger partial charge in [-0.25, -0.2) is 9.48 Å². The van der Waals surface area contributed by atoms with E-state index in [0.717, 1.165) is 44.3 Å². The molecule has 2 saturated carbocycles. The highest BCUT2D eigenvalue weighted by atomic mass is 16.2. The van der Waals surface area contributed by atoms with Crippen molar-refractivity contribution in [2.45, 2.75) is 69.7 Å². The number of hydrogen-bond acceptors (Lipinski definition) is 4. The van der Waals surface area contributed by atoms with Crippen LogP contribution < -0.4 is 5.69 Å².